The molecule has 1 aliphatic heterocycles. The van der Waals surface area contributed by atoms with Crippen LogP contribution in [0.25, 0.3) is 0 Å². The van der Waals surface area contributed by atoms with E-state index in [-0.39, 0.29) is 24.4 Å². The number of benzene rings is 1. The second-order valence-electron chi connectivity index (χ2n) is 5.30. The first-order chi connectivity index (χ1) is 9.72. The summed E-state index contributed by atoms with van der Waals surface area (Å²) in [7, 11) is 1.66. The topological polar surface area (TPSA) is 50.4 Å². The van der Waals surface area contributed by atoms with E-state index in [9.17, 15) is 4.79 Å². The SMILES string of the molecule is CCC(NC(=O)CC1CCCN1)c1ccc(OC)cc1.Cl. The number of rotatable bonds is 6. The molecule has 4 nitrogen and oxygen atoms in total. The van der Waals surface area contributed by atoms with Crippen LogP contribution in [0.4, 0.5) is 0 Å². The molecule has 0 spiro atoms. The number of ether oxygens (including phenoxy) is 1. The lowest BCUT2D eigenvalue weighted by atomic mass is 10.0. The van der Waals surface area contributed by atoms with Gasteiger partial charge in [-0.1, -0.05) is 19.1 Å². The summed E-state index contributed by atoms with van der Waals surface area (Å²) in [6, 6.07) is 8.33. The van der Waals surface area contributed by atoms with Gasteiger partial charge in [0.1, 0.15) is 5.75 Å². The van der Waals surface area contributed by atoms with Gasteiger partial charge in [-0.05, 0) is 43.5 Å². The molecular weight excluding hydrogens is 288 g/mol. The summed E-state index contributed by atoms with van der Waals surface area (Å²) >= 11 is 0. The number of hydrogen-bond acceptors (Lipinski definition) is 3. The number of nitrogens with one attached hydrogen (secondary N) is 2. The molecule has 1 aromatic carbocycles. The molecular formula is C16H25ClN2O2. The van der Waals surface area contributed by atoms with E-state index in [0.717, 1.165) is 30.7 Å². The molecule has 1 fully saturated rings. The molecule has 1 saturated heterocycles. The molecule has 1 aromatic rings. The Morgan fingerprint density at radius 3 is 2.67 bits per heavy atom. The molecule has 1 amide bonds. The quantitative estimate of drug-likeness (QED) is 0.849. The summed E-state index contributed by atoms with van der Waals surface area (Å²) in [6.07, 6.45) is 3.74. The molecule has 2 rings (SSSR count). The van der Waals surface area contributed by atoms with Gasteiger partial charge in [-0.15, -0.1) is 12.4 Å². The minimum atomic E-state index is 0. The van der Waals surface area contributed by atoms with Crippen molar-refractivity contribution in [1.29, 1.82) is 0 Å². The van der Waals surface area contributed by atoms with E-state index in [4.69, 9.17) is 4.74 Å². The summed E-state index contributed by atoms with van der Waals surface area (Å²) in [5.41, 5.74) is 1.13. The third-order valence-electron chi connectivity index (χ3n) is 3.86. The Morgan fingerprint density at radius 2 is 2.14 bits per heavy atom. The molecule has 1 aliphatic rings. The zero-order chi connectivity index (χ0) is 14.4. The predicted octanol–water partition coefficient (Wildman–Crippen LogP) is 2.83. The number of carbonyl (C=O) groups excluding carboxylic acids is 1. The van der Waals surface area contributed by atoms with E-state index in [1.165, 1.54) is 6.42 Å². The Labute approximate surface area is 133 Å². The molecule has 2 unspecified atom stereocenters. The van der Waals surface area contributed by atoms with Crippen molar-refractivity contribution in [3.8, 4) is 5.75 Å². The fraction of sp³-hybridized carbons (Fsp3) is 0.562. The van der Waals surface area contributed by atoms with Gasteiger partial charge in [0.2, 0.25) is 5.91 Å². The van der Waals surface area contributed by atoms with Crippen LogP contribution in [-0.4, -0.2) is 25.6 Å². The van der Waals surface area contributed by atoms with Gasteiger partial charge in [0.15, 0.2) is 0 Å². The number of halogens is 1. The van der Waals surface area contributed by atoms with Crippen molar-refractivity contribution in [1.82, 2.24) is 10.6 Å². The van der Waals surface area contributed by atoms with Crippen LogP contribution < -0.4 is 15.4 Å². The molecule has 0 bridgehead atoms. The first kappa shape index (κ1) is 17.8. The van der Waals surface area contributed by atoms with Gasteiger partial charge in [-0.25, -0.2) is 0 Å². The highest BCUT2D eigenvalue weighted by Crippen LogP contribution is 2.20. The van der Waals surface area contributed by atoms with E-state index in [2.05, 4.69) is 17.6 Å². The molecule has 0 saturated carbocycles. The van der Waals surface area contributed by atoms with Crippen LogP contribution in [0.1, 0.15) is 44.2 Å². The summed E-state index contributed by atoms with van der Waals surface area (Å²) in [6.45, 7) is 3.12. The van der Waals surface area contributed by atoms with Crippen molar-refractivity contribution in [3.63, 3.8) is 0 Å². The maximum Gasteiger partial charge on any atom is 0.222 e. The van der Waals surface area contributed by atoms with Gasteiger partial charge in [0, 0.05) is 12.5 Å². The zero-order valence-corrected chi connectivity index (χ0v) is 13.5. The van der Waals surface area contributed by atoms with Crippen molar-refractivity contribution in [2.75, 3.05) is 13.7 Å². The van der Waals surface area contributed by atoms with E-state index >= 15 is 0 Å². The van der Waals surface area contributed by atoms with Crippen molar-refractivity contribution in [2.45, 2.75) is 44.7 Å². The summed E-state index contributed by atoms with van der Waals surface area (Å²) in [5, 5.41) is 6.48. The van der Waals surface area contributed by atoms with Crippen LogP contribution >= 0.6 is 12.4 Å². The first-order valence-corrected chi connectivity index (χ1v) is 7.39. The van der Waals surface area contributed by atoms with Gasteiger partial charge in [-0.3, -0.25) is 4.79 Å². The summed E-state index contributed by atoms with van der Waals surface area (Å²) in [4.78, 5) is 12.1. The Hall–Kier alpha value is -1.26. The molecule has 2 N–H and O–H groups in total. The minimum absolute atomic E-state index is 0. The Balaban J connectivity index is 0.00000220. The second kappa shape index (κ2) is 8.90. The van der Waals surface area contributed by atoms with E-state index in [1.54, 1.807) is 7.11 Å². The lowest BCUT2D eigenvalue weighted by molar-refractivity contribution is -0.122. The van der Waals surface area contributed by atoms with Crippen LogP contribution in [0.15, 0.2) is 24.3 Å². The molecule has 2 atom stereocenters. The highest BCUT2D eigenvalue weighted by Gasteiger charge is 2.19. The Kier molecular flexibility index (Phi) is 7.54. The average molecular weight is 313 g/mol. The fourth-order valence-electron chi connectivity index (χ4n) is 2.67. The number of amides is 1. The number of methoxy groups -OCH3 is 1. The largest absolute Gasteiger partial charge is 0.497 e. The second-order valence-corrected chi connectivity index (χ2v) is 5.30. The van der Waals surface area contributed by atoms with Crippen molar-refractivity contribution in [2.24, 2.45) is 0 Å². The van der Waals surface area contributed by atoms with E-state index in [0.29, 0.717) is 12.5 Å². The maximum atomic E-state index is 12.1. The van der Waals surface area contributed by atoms with Crippen LogP contribution in [0.3, 0.4) is 0 Å². The molecule has 5 heteroatoms. The Bertz CT molecular complexity index is 430. The average Bonchev–Trinajstić information content (AvgIpc) is 2.97. The van der Waals surface area contributed by atoms with Gasteiger partial charge in [0.05, 0.1) is 13.2 Å². The highest BCUT2D eigenvalue weighted by molar-refractivity contribution is 5.85. The third kappa shape index (κ3) is 5.21. The molecule has 0 radical (unpaired) electrons. The minimum Gasteiger partial charge on any atom is -0.497 e. The van der Waals surface area contributed by atoms with Crippen LogP contribution in [0.5, 0.6) is 5.75 Å². The molecule has 0 aromatic heterocycles. The number of hydrogen-bond donors (Lipinski definition) is 2. The standard InChI is InChI=1S/C16H24N2O2.ClH/c1-3-15(12-6-8-14(20-2)9-7-12)18-16(19)11-13-5-4-10-17-13;/h6-9,13,15,17H,3-5,10-11H2,1-2H3,(H,18,19);1H. The molecule has 0 aliphatic carbocycles. The lowest BCUT2D eigenvalue weighted by Gasteiger charge is -2.19. The molecule has 118 valence electrons. The van der Waals surface area contributed by atoms with Crippen LogP contribution in [0, 0.1) is 0 Å². The predicted molar refractivity (Wildman–Crippen MR) is 87.1 cm³/mol. The zero-order valence-electron chi connectivity index (χ0n) is 12.7. The number of carbonyl (C=O) groups is 1. The first-order valence-electron chi connectivity index (χ1n) is 7.39. The van der Waals surface area contributed by atoms with E-state index in [1.807, 2.05) is 24.3 Å². The van der Waals surface area contributed by atoms with Crippen LogP contribution in [-0.2, 0) is 4.79 Å². The smallest absolute Gasteiger partial charge is 0.222 e. The lowest BCUT2D eigenvalue weighted by Crippen LogP contribution is -2.34. The molecule has 21 heavy (non-hydrogen) atoms. The van der Waals surface area contributed by atoms with Gasteiger partial charge in [0.25, 0.3) is 0 Å². The highest BCUT2D eigenvalue weighted by atomic mass is 35.5. The third-order valence-corrected chi connectivity index (χ3v) is 3.86. The van der Waals surface area contributed by atoms with Crippen molar-refractivity contribution >= 4 is 18.3 Å². The van der Waals surface area contributed by atoms with Crippen molar-refractivity contribution < 1.29 is 9.53 Å². The van der Waals surface area contributed by atoms with Crippen molar-refractivity contribution in [3.05, 3.63) is 29.8 Å². The normalized spacial score (nSPS) is 18.7. The monoisotopic (exact) mass is 312 g/mol. The van der Waals surface area contributed by atoms with Gasteiger partial charge in [-0.2, -0.15) is 0 Å². The molecule has 1 heterocycles. The summed E-state index contributed by atoms with van der Waals surface area (Å²) < 4.78 is 5.16. The van der Waals surface area contributed by atoms with Gasteiger partial charge >= 0.3 is 0 Å². The van der Waals surface area contributed by atoms with E-state index < -0.39 is 0 Å². The maximum absolute atomic E-state index is 12.1. The summed E-state index contributed by atoms with van der Waals surface area (Å²) in [5.74, 6) is 0.970. The fourth-order valence-corrected chi connectivity index (χ4v) is 2.67. The Morgan fingerprint density at radius 1 is 1.43 bits per heavy atom. The van der Waals surface area contributed by atoms with Gasteiger partial charge < -0.3 is 15.4 Å². The van der Waals surface area contributed by atoms with Crippen LogP contribution in [0.2, 0.25) is 0 Å².